The van der Waals surface area contributed by atoms with Crippen molar-refractivity contribution in [1.29, 1.82) is 0 Å². The van der Waals surface area contributed by atoms with E-state index in [1.807, 2.05) is 6.92 Å². The first-order valence-corrected chi connectivity index (χ1v) is 6.68. The number of carboxylic acids is 1. The van der Waals surface area contributed by atoms with E-state index in [0.717, 1.165) is 0 Å². The molecule has 2 N–H and O–H groups in total. The maximum Gasteiger partial charge on any atom is 0.326 e. The fourth-order valence-corrected chi connectivity index (χ4v) is 1.67. The second-order valence-electron chi connectivity index (χ2n) is 4.39. The zero-order chi connectivity index (χ0) is 14.8. The maximum atomic E-state index is 11.6. The summed E-state index contributed by atoms with van der Waals surface area (Å²) >= 11 is 0. The first-order chi connectivity index (χ1) is 9.63. The number of carbonyl (C=O) groups excluding carboxylic acids is 1. The number of aromatic nitrogens is 1. The van der Waals surface area contributed by atoms with E-state index in [0.29, 0.717) is 31.6 Å². The molecule has 0 radical (unpaired) electrons. The van der Waals surface area contributed by atoms with Crippen molar-refractivity contribution in [2.24, 2.45) is 0 Å². The van der Waals surface area contributed by atoms with Gasteiger partial charge in [0.2, 0.25) is 5.91 Å². The average molecular weight is 280 g/mol. The van der Waals surface area contributed by atoms with Crippen LogP contribution < -0.4 is 10.1 Å². The lowest BCUT2D eigenvalue weighted by atomic mass is 10.1. The van der Waals surface area contributed by atoms with E-state index in [-0.39, 0.29) is 12.3 Å². The number of carbonyl (C=O) groups is 2. The Bertz CT molecular complexity index is 422. The molecule has 1 unspecified atom stereocenters. The molecule has 0 saturated heterocycles. The third-order valence-electron chi connectivity index (χ3n) is 2.66. The Kier molecular flexibility index (Phi) is 7.10. The van der Waals surface area contributed by atoms with Gasteiger partial charge in [0.05, 0.1) is 12.8 Å². The van der Waals surface area contributed by atoms with Crippen LogP contribution in [0, 0.1) is 0 Å². The summed E-state index contributed by atoms with van der Waals surface area (Å²) in [5, 5.41) is 11.4. The summed E-state index contributed by atoms with van der Waals surface area (Å²) < 4.78 is 5.40. The van der Waals surface area contributed by atoms with Gasteiger partial charge in [0.1, 0.15) is 11.8 Å². The van der Waals surface area contributed by atoms with Gasteiger partial charge in [-0.25, -0.2) is 4.79 Å². The standard InChI is InChI=1S/C14H20N2O4/c1-2-5-12(14(18)19)16-13(17)7-4-9-20-11-6-3-8-15-10-11/h3,6,8,10,12H,2,4-5,7,9H2,1H3,(H,16,17)(H,18,19). The molecule has 110 valence electrons. The van der Waals surface area contributed by atoms with Crippen molar-refractivity contribution in [2.45, 2.75) is 38.6 Å². The molecule has 0 fully saturated rings. The number of nitrogens with zero attached hydrogens (tertiary/aromatic N) is 1. The van der Waals surface area contributed by atoms with Crippen molar-refractivity contribution in [3.8, 4) is 5.75 Å². The highest BCUT2D eigenvalue weighted by Crippen LogP contribution is 2.07. The van der Waals surface area contributed by atoms with E-state index in [9.17, 15) is 9.59 Å². The van der Waals surface area contributed by atoms with Gasteiger partial charge in [-0.3, -0.25) is 9.78 Å². The van der Waals surface area contributed by atoms with Crippen LogP contribution in [0.15, 0.2) is 24.5 Å². The van der Waals surface area contributed by atoms with Crippen LogP contribution in [-0.2, 0) is 9.59 Å². The molecule has 1 aromatic heterocycles. The van der Waals surface area contributed by atoms with Gasteiger partial charge >= 0.3 is 5.97 Å². The Morgan fingerprint density at radius 2 is 2.30 bits per heavy atom. The summed E-state index contributed by atoms with van der Waals surface area (Å²) in [4.78, 5) is 26.4. The molecule has 1 heterocycles. The number of aliphatic carboxylic acids is 1. The molecule has 1 atom stereocenters. The fourth-order valence-electron chi connectivity index (χ4n) is 1.67. The number of ether oxygens (including phenoxy) is 1. The van der Waals surface area contributed by atoms with Gasteiger partial charge in [-0.1, -0.05) is 13.3 Å². The molecule has 0 aromatic carbocycles. The molecule has 6 nitrogen and oxygen atoms in total. The first-order valence-electron chi connectivity index (χ1n) is 6.68. The summed E-state index contributed by atoms with van der Waals surface area (Å²) in [6.07, 6.45) is 5.17. The van der Waals surface area contributed by atoms with Crippen LogP contribution in [0.1, 0.15) is 32.6 Å². The number of carboxylic acid groups (broad SMARTS) is 1. The lowest BCUT2D eigenvalue weighted by molar-refractivity contribution is -0.142. The van der Waals surface area contributed by atoms with Gasteiger partial charge in [-0.05, 0) is 25.0 Å². The van der Waals surface area contributed by atoms with Crippen LogP contribution in [-0.4, -0.2) is 34.6 Å². The van der Waals surface area contributed by atoms with E-state index in [2.05, 4.69) is 10.3 Å². The van der Waals surface area contributed by atoms with E-state index < -0.39 is 12.0 Å². The molecule has 1 rings (SSSR count). The van der Waals surface area contributed by atoms with Gasteiger partial charge in [0.25, 0.3) is 0 Å². The number of amides is 1. The molecule has 1 aromatic rings. The second kappa shape index (κ2) is 8.90. The molecule has 1 amide bonds. The molecule has 0 spiro atoms. The topological polar surface area (TPSA) is 88.5 Å². The predicted octanol–water partition coefficient (Wildman–Crippen LogP) is 1.61. The van der Waals surface area contributed by atoms with Gasteiger partial charge in [-0.15, -0.1) is 0 Å². The van der Waals surface area contributed by atoms with E-state index in [4.69, 9.17) is 9.84 Å². The van der Waals surface area contributed by atoms with E-state index in [1.165, 1.54) is 0 Å². The summed E-state index contributed by atoms with van der Waals surface area (Å²) in [5.74, 6) is -0.602. The zero-order valence-electron chi connectivity index (χ0n) is 11.5. The highest BCUT2D eigenvalue weighted by molar-refractivity contribution is 5.83. The summed E-state index contributed by atoms with van der Waals surface area (Å²) in [6, 6.07) is 2.76. The van der Waals surface area contributed by atoms with E-state index >= 15 is 0 Å². The highest BCUT2D eigenvalue weighted by atomic mass is 16.5. The maximum absolute atomic E-state index is 11.6. The van der Waals surface area contributed by atoms with Gasteiger partial charge < -0.3 is 15.2 Å². The fraction of sp³-hybridized carbons (Fsp3) is 0.500. The van der Waals surface area contributed by atoms with Crippen molar-refractivity contribution in [3.63, 3.8) is 0 Å². The minimum Gasteiger partial charge on any atom is -0.492 e. The number of hydrogen-bond acceptors (Lipinski definition) is 4. The van der Waals surface area contributed by atoms with Crippen molar-refractivity contribution in [2.75, 3.05) is 6.61 Å². The number of rotatable bonds is 9. The Morgan fingerprint density at radius 3 is 2.90 bits per heavy atom. The van der Waals surface area contributed by atoms with Crippen LogP contribution in [0.5, 0.6) is 5.75 Å². The van der Waals surface area contributed by atoms with Crippen LogP contribution >= 0.6 is 0 Å². The molecule has 0 aliphatic carbocycles. The molecular formula is C14H20N2O4. The van der Waals surface area contributed by atoms with Crippen molar-refractivity contribution < 1.29 is 19.4 Å². The number of hydrogen-bond donors (Lipinski definition) is 2. The second-order valence-corrected chi connectivity index (χ2v) is 4.39. The molecule has 0 aliphatic heterocycles. The molecule has 20 heavy (non-hydrogen) atoms. The van der Waals surface area contributed by atoms with E-state index in [1.54, 1.807) is 24.5 Å². The first kappa shape index (κ1) is 15.9. The van der Waals surface area contributed by atoms with Crippen LogP contribution in [0.3, 0.4) is 0 Å². The number of pyridine rings is 1. The van der Waals surface area contributed by atoms with Crippen LogP contribution in [0.25, 0.3) is 0 Å². The Labute approximate surface area is 118 Å². The average Bonchev–Trinajstić information content (AvgIpc) is 2.44. The quantitative estimate of drug-likeness (QED) is 0.671. The lowest BCUT2D eigenvalue weighted by Crippen LogP contribution is -2.40. The monoisotopic (exact) mass is 280 g/mol. The molecule has 0 bridgehead atoms. The largest absolute Gasteiger partial charge is 0.492 e. The highest BCUT2D eigenvalue weighted by Gasteiger charge is 2.18. The minimum absolute atomic E-state index is 0.244. The molecule has 6 heteroatoms. The van der Waals surface area contributed by atoms with Crippen LogP contribution in [0.2, 0.25) is 0 Å². The smallest absolute Gasteiger partial charge is 0.326 e. The normalized spacial score (nSPS) is 11.7. The third kappa shape index (κ3) is 6.17. The zero-order valence-corrected chi connectivity index (χ0v) is 11.5. The van der Waals surface area contributed by atoms with Gasteiger partial charge in [-0.2, -0.15) is 0 Å². The molecular weight excluding hydrogens is 260 g/mol. The lowest BCUT2D eigenvalue weighted by Gasteiger charge is -2.13. The number of nitrogens with one attached hydrogen (secondary N) is 1. The predicted molar refractivity (Wildman–Crippen MR) is 73.4 cm³/mol. The van der Waals surface area contributed by atoms with Gasteiger partial charge in [0.15, 0.2) is 0 Å². The Hall–Kier alpha value is -2.11. The van der Waals surface area contributed by atoms with Gasteiger partial charge in [0, 0.05) is 12.6 Å². The molecule has 0 saturated carbocycles. The SMILES string of the molecule is CCCC(NC(=O)CCCOc1cccnc1)C(=O)O. The van der Waals surface area contributed by atoms with Crippen molar-refractivity contribution in [3.05, 3.63) is 24.5 Å². The summed E-state index contributed by atoms with van der Waals surface area (Å²) in [5.41, 5.74) is 0. The minimum atomic E-state index is -0.994. The van der Waals surface area contributed by atoms with Crippen molar-refractivity contribution >= 4 is 11.9 Å². The van der Waals surface area contributed by atoms with Crippen molar-refractivity contribution in [1.82, 2.24) is 10.3 Å². The van der Waals surface area contributed by atoms with Crippen LogP contribution in [0.4, 0.5) is 0 Å². The Morgan fingerprint density at radius 1 is 1.50 bits per heavy atom. The summed E-state index contributed by atoms with van der Waals surface area (Å²) in [7, 11) is 0. The third-order valence-corrected chi connectivity index (χ3v) is 2.66. The Balaban J connectivity index is 2.21. The molecule has 0 aliphatic rings. The summed E-state index contributed by atoms with van der Waals surface area (Å²) in [6.45, 7) is 2.27.